The van der Waals surface area contributed by atoms with Gasteiger partial charge in [-0.15, -0.1) is 0 Å². The van der Waals surface area contributed by atoms with Crippen LogP contribution in [0, 0.1) is 0 Å². The quantitative estimate of drug-likeness (QED) is 0.212. The molecule has 1 heterocycles. The highest BCUT2D eigenvalue weighted by Gasteiger charge is 2.49. The molecule has 1 aliphatic heterocycles. The molecular weight excluding hydrogens is 320 g/mol. The van der Waals surface area contributed by atoms with E-state index in [0.717, 1.165) is 0 Å². The Kier molecular flexibility index (Phi) is 7.41. The molecular formula is C12H22O11. The topological polar surface area (TPSA) is 208 Å². The van der Waals surface area contributed by atoms with E-state index in [4.69, 9.17) is 14.9 Å². The molecule has 0 spiro atoms. The van der Waals surface area contributed by atoms with Crippen molar-refractivity contribution in [2.45, 2.75) is 54.9 Å². The second-order valence-corrected chi connectivity index (χ2v) is 5.33. The molecule has 0 aromatic rings. The zero-order valence-corrected chi connectivity index (χ0v) is 12.0. The normalized spacial score (nSPS) is 37.0. The number of rotatable bonds is 7. The minimum Gasteiger partial charge on any atom is -0.394 e. The fourth-order valence-corrected chi connectivity index (χ4v) is 2.20. The number of carbonyl (C=O) groups excluding carboxylic acids is 1. The molecule has 0 amide bonds. The smallest absolute Gasteiger partial charge is 0.195 e. The predicted molar refractivity (Wildman–Crippen MR) is 69.9 cm³/mol. The van der Waals surface area contributed by atoms with Crippen molar-refractivity contribution >= 4 is 5.78 Å². The van der Waals surface area contributed by atoms with E-state index < -0.39 is 73.9 Å². The van der Waals surface area contributed by atoms with Gasteiger partial charge in [0, 0.05) is 0 Å². The predicted octanol–water partition coefficient (Wildman–Crippen LogP) is -6.17. The van der Waals surface area contributed by atoms with Crippen molar-refractivity contribution in [2.24, 2.45) is 0 Å². The maximum absolute atomic E-state index is 12.1. The Balaban J connectivity index is 2.85. The first kappa shape index (κ1) is 20.3. The fourth-order valence-electron chi connectivity index (χ4n) is 2.20. The van der Waals surface area contributed by atoms with Gasteiger partial charge in [-0.3, -0.25) is 4.79 Å². The highest BCUT2D eigenvalue weighted by Crippen LogP contribution is 2.23. The summed E-state index contributed by atoms with van der Waals surface area (Å²) in [5.74, 6) is -1.35. The van der Waals surface area contributed by atoms with Crippen LogP contribution in [0.4, 0.5) is 0 Å². The molecule has 0 bridgehead atoms. The number of Topliss-reactive ketones (excluding diaryl/α,β-unsaturated/α-hetero) is 1. The molecule has 0 unspecified atom stereocenters. The van der Waals surface area contributed by atoms with Gasteiger partial charge in [-0.25, -0.2) is 0 Å². The van der Waals surface area contributed by atoms with Crippen molar-refractivity contribution in [3.05, 3.63) is 0 Å². The van der Waals surface area contributed by atoms with E-state index in [0.29, 0.717) is 0 Å². The summed E-state index contributed by atoms with van der Waals surface area (Å²) >= 11 is 0. The molecule has 9 atom stereocenters. The van der Waals surface area contributed by atoms with Gasteiger partial charge in [0.1, 0.15) is 54.9 Å². The van der Waals surface area contributed by atoms with Crippen LogP contribution in [0.25, 0.3) is 0 Å². The zero-order valence-electron chi connectivity index (χ0n) is 12.0. The van der Waals surface area contributed by atoms with Gasteiger partial charge < -0.3 is 50.7 Å². The third kappa shape index (κ3) is 4.22. The lowest BCUT2D eigenvalue weighted by Crippen LogP contribution is -2.63. The Hall–Kier alpha value is -0.730. The first-order valence-corrected chi connectivity index (χ1v) is 6.84. The summed E-state index contributed by atoms with van der Waals surface area (Å²) in [6.45, 7) is -1.74. The number of aliphatic hydroxyl groups excluding tert-OH is 9. The van der Waals surface area contributed by atoms with Gasteiger partial charge in [0.2, 0.25) is 0 Å². The second kappa shape index (κ2) is 8.39. The van der Waals surface area contributed by atoms with Crippen LogP contribution >= 0.6 is 0 Å². The van der Waals surface area contributed by atoms with Crippen molar-refractivity contribution in [1.29, 1.82) is 0 Å². The fraction of sp³-hybridized carbons (Fsp3) is 0.917. The largest absolute Gasteiger partial charge is 0.394 e. The third-order valence-electron chi connectivity index (χ3n) is 3.72. The lowest BCUT2D eigenvalue weighted by Gasteiger charge is -2.40. The van der Waals surface area contributed by atoms with E-state index in [-0.39, 0.29) is 0 Å². The molecule has 0 aliphatic carbocycles. The first-order valence-electron chi connectivity index (χ1n) is 6.84. The number of hydrogen-bond donors (Lipinski definition) is 9. The van der Waals surface area contributed by atoms with Gasteiger partial charge >= 0.3 is 0 Å². The minimum absolute atomic E-state index is 0.792. The van der Waals surface area contributed by atoms with Crippen LogP contribution in [-0.4, -0.2) is 120 Å². The van der Waals surface area contributed by atoms with Gasteiger partial charge in [0.05, 0.1) is 13.2 Å². The second-order valence-electron chi connectivity index (χ2n) is 5.33. The van der Waals surface area contributed by atoms with Gasteiger partial charge in [-0.2, -0.15) is 0 Å². The number of ketones is 1. The van der Waals surface area contributed by atoms with Gasteiger partial charge in [-0.05, 0) is 0 Å². The van der Waals surface area contributed by atoms with Crippen molar-refractivity contribution < 1.29 is 55.5 Å². The maximum Gasteiger partial charge on any atom is 0.195 e. The van der Waals surface area contributed by atoms with E-state index in [1.54, 1.807) is 0 Å². The SMILES string of the molecule is O=C([C@@H](O)[C@@H](O)[C@H](O)[C@H](O)CO)[C@H]1O[C@H](CO)[C@@H](O)[C@H](O)[C@@H]1O. The standard InChI is InChI=1S/C12H22O11/c13-1-3(15)5(16)7(18)9(20)11(22)12-10(21)8(19)6(17)4(2-14)23-12/h3-10,12-21H,1-2H2/t3-,4-,5-,6-,7+,8+,9+,10+,12+/m1/s1. The molecule has 1 saturated heterocycles. The summed E-state index contributed by atoms with van der Waals surface area (Å²) in [5.41, 5.74) is 0. The molecule has 0 aromatic carbocycles. The van der Waals surface area contributed by atoms with Crippen LogP contribution in [0.5, 0.6) is 0 Å². The number of hydrogen-bond acceptors (Lipinski definition) is 11. The molecule has 0 saturated carbocycles. The lowest BCUT2D eigenvalue weighted by atomic mass is 9.89. The molecule has 23 heavy (non-hydrogen) atoms. The van der Waals surface area contributed by atoms with Crippen LogP contribution in [0.2, 0.25) is 0 Å². The van der Waals surface area contributed by atoms with Crippen molar-refractivity contribution in [3.8, 4) is 0 Å². The third-order valence-corrected chi connectivity index (χ3v) is 3.72. The summed E-state index contributed by atoms with van der Waals surface area (Å²) in [6, 6.07) is 0. The Bertz CT molecular complexity index is 389. The monoisotopic (exact) mass is 342 g/mol. The summed E-state index contributed by atoms with van der Waals surface area (Å²) in [6.07, 6.45) is -17.2. The maximum atomic E-state index is 12.1. The van der Waals surface area contributed by atoms with Gasteiger partial charge in [-0.1, -0.05) is 0 Å². The molecule has 11 heteroatoms. The first-order chi connectivity index (χ1) is 10.7. The molecule has 1 aliphatic rings. The molecule has 1 fully saturated rings. The van der Waals surface area contributed by atoms with Crippen LogP contribution in [0.3, 0.4) is 0 Å². The van der Waals surface area contributed by atoms with Crippen LogP contribution in [0.15, 0.2) is 0 Å². The zero-order chi connectivity index (χ0) is 17.9. The van der Waals surface area contributed by atoms with Crippen molar-refractivity contribution in [2.75, 3.05) is 13.2 Å². The molecule has 0 radical (unpaired) electrons. The Morgan fingerprint density at radius 1 is 0.913 bits per heavy atom. The Labute approximate surface area is 130 Å². The molecule has 136 valence electrons. The van der Waals surface area contributed by atoms with Gasteiger partial charge in [0.15, 0.2) is 5.78 Å². The summed E-state index contributed by atoms with van der Waals surface area (Å²) < 4.78 is 4.91. The number of carbonyl (C=O) groups is 1. The summed E-state index contributed by atoms with van der Waals surface area (Å²) in [7, 11) is 0. The van der Waals surface area contributed by atoms with E-state index in [1.807, 2.05) is 0 Å². The highest BCUT2D eigenvalue weighted by atomic mass is 16.5. The van der Waals surface area contributed by atoms with E-state index >= 15 is 0 Å². The summed E-state index contributed by atoms with van der Waals surface area (Å²) in [4.78, 5) is 12.1. The van der Waals surface area contributed by atoms with E-state index in [1.165, 1.54) is 0 Å². The van der Waals surface area contributed by atoms with Crippen LogP contribution in [0.1, 0.15) is 0 Å². The van der Waals surface area contributed by atoms with Gasteiger partial charge in [0.25, 0.3) is 0 Å². The molecule has 11 nitrogen and oxygen atoms in total. The molecule has 0 aromatic heterocycles. The van der Waals surface area contributed by atoms with E-state index in [2.05, 4.69) is 0 Å². The average molecular weight is 342 g/mol. The summed E-state index contributed by atoms with van der Waals surface area (Å²) in [5, 5.41) is 84.5. The number of ether oxygens (including phenoxy) is 1. The minimum atomic E-state index is -2.33. The average Bonchev–Trinajstić information content (AvgIpc) is 2.56. The lowest BCUT2D eigenvalue weighted by molar-refractivity contribution is -0.231. The highest BCUT2D eigenvalue weighted by molar-refractivity contribution is 5.88. The van der Waals surface area contributed by atoms with Crippen molar-refractivity contribution in [3.63, 3.8) is 0 Å². The van der Waals surface area contributed by atoms with Crippen LogP contribution < -0.4 is 0 Å². The number of aliphatic hydroxyl groups is 9. The molecule has 1 rings (SSSR count). The Morgan fingerprint density at radius 2 is 1.48 bits per heavy atom. The van der Waals surface area contributed by atoms with Crippen molar-refractivity contribution in [1.82, 2.24) is 0 Å². The van der Waals surface area contributed by atoms with E-state index in [9.17, 15) is 40.5 Å². The molecule has 9 N–H and O–H groups in total. The Morgan fingerprint density at radius 3 is 1.96 bits per heavy atom. The van der Waals surface area contributed by atoms with Crippen LogP contribution in [-0.2, 0) is 9.53 Å².